The molecule has 1 aliphatic carbocycles. The van der Waals surface area contributed by atoms with Crippen molar-refractivity contribution in [1.82, 2.24) is 9.55 Å². The fraction of sp³-hybridized carbons (Fsp3) is 0.391. The first-order chi connectivity index (χ1) is 14.4. The molecule has 2 amide bonds. The minimum absolute atomic E-state index is 0.0373. The third-order valence-electron chi connectivity index (χ3n) is 6.24. The van der Waals surface area contributed by atoms with Gasteiger partial charge in [0.2, 0.25) is 0 Å². The Labute approximate surface area is 184 Å². The maximum absolute atomic E-state index is 13.6. The largest absolute Gasteiger partial charge is 0.620 e. The van der Waals surface area contributed by atoms with Gasteiger partial charge in [0, 0.05) is 23.2 Å². The highest BCUT2D eigenvalue weighted by Gasteiger charge is 2.58. The van der Waals surface area contributed by atoms with Crippen LogP contribution in [0.25, 0.3) is 0 Å². The molecule has 0 radical (unpaired) electrons. The molecule has 30 heavy (non-hydrogen) atoms. The first-order valence-electron chi connectivity index (χ1n) is 10.2. The van der Waals surface area contributed by atoms with Crippen molar-refractivity contribution in [2.24, 2.45) is 5.41 Å². The smallest absolute Gasteiger partial charge is 0.410 e. The third kappa shape index (κ3) is 4.02. The van der Waals surface area contributed by atoms with Gasteiger partial charge >= 0.3 is 12.0 Å². The van der Waals surface area contributed by atoms with Gasteiger partial charge in [-0.25, -0.2) is 9.59 Å². The van der Waals surface area contributed by atoms with Crippen molar-refractivity contribution in [2.45, 2.75) is 38.8 Å². The molecule has 6 nitrogen and oxygen atoms in total. The summed E-state index contributed by atoms with van der Waals surface area (Å²) in [7, 11) is 0. The van der Waals surface area contributed by atoms with E-state index >= 15 is 0 Å². The highest BCUT2D eigenvalue weighted by atomic mass is 79.9. The summed E-state index contributed by atoms with van der Waals surface area (Å²) in [6.45, 7) is 2.38. The van der Waals surface area contributed by atoms with Crippen LogP contribution in [-0.2, 0) is 16.1 Å². The number of halogens is 1. The molecule has 0 bridgehead atoms. The summed E-state index contributed by atoms with van der Waals surface area (Å²) in [5.74, 6) is -0.500. The van der Waals surface area contributed by atoms with Crippen molar-refractivity contribution in [3.05, 3.63) is 69.8 Å². The molecule has 1 heterocycles. The molecule has 1 saturated heterocycles. The fourth-order valence-electron chi connectivity index (χ4n) is 4.20. The number of hydroxylamine groups is 2. The van der Waals surface area contributed by atoms with Crippen LogP contribution in [0.3, 0.4) is 0 Å². The molecule has 2 fully saturated rings. The molecule has 0 N–H and O–H groups in total. The van der Waals surface area contributed by atoms with Crippen LogP contribution in [0.4, 0.5) is 10.5 Å². The molecule has 2 unspecified atom stereocenters. The van der Waals surface area contributed by atoms with E-state index in [1.54, 1.807) is 31.2 Å². The van der Waals surface area contributed by atoms with Crippen LogP contribution in [0.5, 0.6) is 0 Å². The van der Waals surface area contributed by atoms with E-state index in [0.717, 1.165) is 22.9 Å². The molecule has 1 aliphatic heterocycles. The van der Waals surface area contributed by atoms with E-state index in [4.69, 9.17) is 4.74 Å². The number of amides is 2. The van der Waals surface area contributed by atoms with Gasteiger partial charge in [-0.2, -0.15) is 0 Å². The van der Waals surface area contributed by atoms with Gasteiger partial charge in [-0.05, 0) is 49.3 Å². The van der Waals surface area contributed by atoms with E-state index in [0.29, 0.717) is 18.7 Å². The number of nitrogens with zero attached hydrogens (tertiary/aromatic N) is 2. The molecule has 7 heteroatoms. The Morgan fingerprint density at radius 2 is 1.83 bits per heavy atom. The number of ether oxygens (including phenoxy) is 1. The molecule has 2 atom stereocenters. The summed E-state index contributed by atoms with van der Waals surface area (Å²) in [6.07, 6.45) is 1.95. The van der Waals surface area contributed by atoms with Crippen molar-refractivity contribution < 1.29 is 14.3 Å². The number of likely N-dealkylation sites (N-methyl/N-ethyl adjacent to an activating group) is 1. The van der Waals surface area contributed by atoms with Crippen LogP contribution in [-0.4, -0.2) is 36.0 Å². The first-order valence-corrected chi connectivity index (χ1v) is 11.0. The SMILES string of the molecule is CC[N+]([O-])(C(=O)C1CC2(CC2)CN1C(=O)OCc1ccccc1)c1ccc(Br)cc1. The number of likely N-dealkylation sites (tertiary alicyclic amines) is 1. The zero-order valence-electron chi connectivity index (χ0n) is 16.9. The van der Waals surface area contributed by atoms with E-state index in [2.05, 4.69) is 15.9 Å². The summed E-state index contributed by atoms with van der Waals surface area (Å²) in [5, 5.41) is 13.6. The minimum atomic E-state index is -1.09. The van der Waals surface area contributed by atoms with Gasteiger partial charge in [-0.1, -0.05) is 46.3 Å². The Hall–Kier alpha value is -2.22. The van der Waals surface area contributed by atoms with Gasteiger partial charge in [0.05, 0.1) is 6.54 Å². The summed E-state index contributed by atoms with van der Waals surface area (Å²) < 4.78 is 5.25. The molecule has 2 aromatic carbocycles. The van der Waals surface area contributed by atoms with Crippen molar-refractivity contribution in [1.29, 1.82) is 0 Å². The predicted molar refractivity (Wildman–Crippen MR) is 118 cm³/mol. The van der Waals surface area contributed by atoms with Gasteiger partial charge in [0.25, 0.3) is 0 Å². The van der Waals surface area contributed by atoms with E-state index in [1.165, 1.54) is 4.90 Å². The maximum Gasteiger partial charge on any atom is 0.410 e. The third-order valence-corrected chi connectivity index (χ3v) is 6.76. The number of hydrogen-bond donors (Lipinski definition) is 0. The number of carbonyl (C=O) groups excluding carboxylic acids is 2. The van der Waals surface area contributed by atoms with Gasteiger partial charge in [-0.3, -0.25) is 9.55 Å². The molecule has 0 aromatic heterocycles. The summed E-state index contributed by atoms with van der Waals surface area (Å²) in [5.41, 5.74) is 1.22. The lowest BCUT2D eigenvalue weighted by Crippen LogP contribution is -2.57. The number of carbonyl (C=O) groups is 2. The molecular weight excluding hydrogens is 448 g/mol. The zero-order valence-corrected chi connectivity index (χ0v) is 18.5. The molecule has 158 valence electrons. The van der Waals surface area contributed by atoms with Crippen LogP contribution in [0, 0.1) is 10.6 Å². The monoisotopic (exact) mass is 472 g/mol. The van der Waals surface area contributed by atoms with Crippen molar-refractivity contribution in [2.75, 3.05) is 13.1 Å². The Balaban J connectivity index is 1.54. The number of benzene rings is 2. The molecule has 1 spiro atoms. The lowest BCUT2D eigenvalue weighted by Gasteiger charge is -2.41. The van der Waals surface area contributed by atoms with Crippen molar-refractivity contribution >= 4 is 33.6 Å². The minimum Gasteiger partial charge on any atom is -0.620 e. The van der Waals surface area contributed by atoms with Gasteiger partial charge in [0.15, 0.2) is 6.04 Å². The van der Waals surface area contributed by atoms with E-state index in [1.807, 2.05) is 30.3 Å². The number of quaternary nitrogens is 1. The topological polar surface area (TPSA) is 69.7 Å². The van der Waals surface area contributed by atoms with Crippen molar-refractivity contribution in [3.8, 4) is 0 Å². The Bertz CT molecular complexity index is 930. The van der Waals surface area contributed by atoms with Crippen LogP contribution in [0.15, 0.2) is 59.1 Å². The number of rotatable bonds is 5. The molecular formula is C23H25BrN2O4. The van der Waals surface area contributed by atoms with Gasteiger partial charge < -0.3 is 9.94 Å². The van der Waals surface area contributed by atoms with Crippen LogP contribution in [0.1, 0.15) is 31.7 Å². The Kier molecular flexibility index (Phi) is 5.70. The van der Waals surface area contributed by atoms with Crippen LogP contribution in [0.2, 0.25) is 0 Å². The maximum atomic E-state index is 13.6. The van der Waals surface area contributed by atoms with E-state index in [-0.39, 0.29) is 18.6 Å². The molecule has 1 saturated carbocycles. The normalized spacial score (nSPS) is 21.3. The van der Waals surface area contributed by atoms with E-state index in [9.17, 15) is 14.8 Å². The summed E-state index contributed by atoms with van der Waals surface area (Å²) in [6, 6.07) is 15.5. The van der Waals surface area contributed by atoms with Gasteiger partial charge in [-0.15, -0.1) is 0 Å². The fourth-order valence-corrected chi connectivity index (χ4v) is 4.46. The Morgan fingerprint density at radius 1 is 1.17 bits per heavy atom. The second-order valence-electron chi connectivity index (χ2n) is 8.26. The van der Waals surface area contributed by atoms with E-state index < -0.39 is 22.7 Å². The van der Waals surface area contributed by atoms with Crippen LogP contribution < -0.4 is 4.65 Å². The highest BCUT2D eigenvalue weighted by molar-refractivity contribution is 9.10. The lowest BCUT2D eigenvalue weighted by molar-refractivity contribution is -0.132. The average Bonchev–Trinajstić information content (AvgIpc) is 3.42. The molecule has 2 aliphatic rings. The van der Waals surface area contributed by atoms with Gasteiger partial charge in [0.1, 0.15) is 12.3 Å². The Morgan fingerprint density at radius 3 is 2.43 bits per heavy atom. The predicted octanol–water partition coefficient (Wildman–Crippen LogP) is 4.99. The molecule has 2 aromatic rings. The summed E-state index contributed by atoms with van der Waals surface area (Å²) >= 11 is 3.36. The second-order valence-corrected chi connectivity index (χ2v) is 9.17. The van der Waals surface area contributed by atoms with Crippen molar-refractivity contribution in [3.63, 3.8) is 0 Å². The highest BCUT2D eigenvalue weighted by Crippen LogP contribution is 2.55. The summed E-state index contributed by atoms with van der Waals surface area (Å²) in [4.78, 5) is 27.9. The lowest BCUT2D eigenvalue weighted by atomic mass is 10.0. The average molecular weight is 473 g/mol. The van der Waals surface area contributed by atoms with Crippen LogP contribution >= 0.6 is 15.9 Å². The zero-order chi connectivity index (χ0) is 21.4. The standard InChI is InChI=1S/C23H25BrN2O4/c1-2-26(29,19-10-8-18(24)9-11-19)21(27)20-14-23(12-13-23)16-25(20)22(28)30-15-17-6-4-3-5-7-17/h3-11,20H,2,12-16H2,1H3. The first kappa shape index (κ1) is 21.0. The quantitative estimate of drug-likeness (QED) is 0.453. The number of hydrogen-bond acceptors (Lipinski definition) is 4. The molecule has 4 rings (SSSR count). The second kappa shape index (κ2) is 8.13.